The highest BCUT2D eigenvalue weighted by Crippen LogP contribution is 2.14. The van der Waals surface area contributed by atoms with Gasteiger partial charge in [0, 0.05) is 25.5 Å². The smallest absolute Gasteiger partial charge is 0.256 e. The van der Waals surface area contributed by atoms with Gasteiger partial charge in [0.2, 0.25) is 5.91 Å². The average Bonchev–Trinajstić information content (AvgIpc) is 2.59. The molecule has 1 N–H and O–H groups in total. The van der Waals surface area contributed by atoms with E-state index in [2.05, 4.69) is 30.4 Å². The van der Waals surface area contributed by atoms with Gasteiger partial charge in [0.1, 0.15) is 6.04 Å². The minimum atomic E-state index is -0.527. The van der Waals surface area contributed by atoms with Gasteiger partial charge in [-0.05, 0) is 18.6 Å². The van der Waals surface area contributed by atoms with Crippen LogP contribution in [0.3, 0.4) is 0 Å². The first-order valence-corrected chi connectivity index (χ1v) is 7.86. The summed E-state index contributed by atoms with van der Waals surface area (Å²) in [4.78, 5) is 30.7. The first-order valence-electron chi connectivity index (χ1n) is 7.86. The van der Waals surface area contributed by atoms with E-state index in [9.17, 15) is 9.59 Å². The lowest BCUT2D eigenvalue weighted by Crippen LogP contribution is -2.49. The molecule has 0 radical (unpaired) electrons. The Balaban J connectivity index is 0.00000529. The molecule has 1 aromatic rings. The van der Waals surface area contributed by atoms with E-state index in [0.29, 0.717) is 25.1 Å². The van der Waals surface area contributed by atoms with Crippen molar-refractivity contribution in [3.8, 4) is 0 Å². The van der Waals surface area contributed by atoms with E-state index in [-0.39, 0.29) is 24.2 Å². The number of nitrogens with zero attached hydrogens (tertiary/aromatic N) is 2. The Morgan fingerprint density at radius 1 is 1.38 bits per heavy atom. The zero-order valence-corrected chi connectivity index (χ0v) is 14.9. The van der Waals surface area contributed by atoms with Crippen molar-refractivity contribution in [2.24, 2.45) is 0 Å². The van der Waals surface area contributed by atoms with Crippen molar-refractivity contribution in [2.75, 3.05) is 13.1 Å². The molecule has 0 saturated heterocycles. The maximum Gasteiger partial charge on any atom is 0.256 e. The molecular weight excluding hydrogens is 326 g/mol. The molecule has 1 unspecified atom stereocenters. The Bertz CT molecular complexity index is 534. The molecule has 1 atom stereocenters. The molecule has 0 fully saturated rings. The fourth-order valence-electron chi connectivity index (χ4n) is 2.26. The lowest BCUT2D eigenvalue weighted by Gasteiger charge is -2.30. The molecular formula is C18H26ClN3O2. The number of pyridine rings is 1. The Hall–Kier alpha value is -2.14. The van der Waals surface area contributed by atoms with Gasteiger partial charge in [0.15, 0.2) is 0 Å². The van der Waals surface area contributed by atoms with Crippen molar-refractivity contribution in [1.29, 1.82) is 0 Å². The highest BCUT2D eigenvalue weighted by Gasteiger charge is 2.29. The van der Waals surface area contributed by atoms with E-state index in [4.69, 9.17) is 0 Å². The minimum absolute atomic E-state index is 0. The molecule has 132 valence electrons. The zero-order valence-electron chi connectivity index (χ0n) is 14.1. The van der Waals surface area contributed by atoms with Gasteiger partial charge in [-0.2, -0.15) is 0 Å². The van der Waals surface area contributed by atoms with Crippen LogP contribution >= 0.6 is 12.4 Å². The van der Waals surface area contributed by atoms with Crippen LogP contribution < -0.4 is 5.32 Å². The monoisotopic (exact) mass is 351 g/mol. The molecule has 0 saturated carbocycles. The molecule has 0 aliphatic carbocycles. The molecule has 0 aromatic carbocycles. The quantitative estimate of drug-likeness (QED) is 0.659. The molecule has 1 rings (SSSR count). The van der Waals surface area contributed by atoms with Crippen LogP contribution in [0.1, 0.15) is 36.5 Å². The maximum atomic E-state index is 12.8. The predicted octanol–water partition coefficient (Wildman–Crippen LogP) is 2.99. The van der Waals surface area contributed by atoms with Crippen LogP contribution in [0.15, 0.2) is 49.8 Å². The summed E-state index contributed by atoms with van der Waals surface area (Å²) in [6, 6.07) is 2.88. The second-order valence-electron chi connectivity index (χ2n) is 5.18. The van der Waals surface area contributed by atoms with Gasteiger partial charge in [-0.15, -0.1) is 25.6 Å². The van der Waals surface area contributed by atoms with Crippen molar-refractivity contribution in [1.82, 2.24) is 15.2 Å². The minimum Gasteiger partial charge on any atom is -0.351 e. The second-order valence-corrected chi connectivity index (χ2v) is 5.18. The Kier molecular flexibility index (Phi) is 11.2. The summed E-state index contributed by atoms with van der Waals surface area (Å²) in [6.07, 6.45) is 8.80. The number of carbonyl (C=O) groups is 2. The molecule has 0 aliphatic heterocycles. The standard InChI is InChI=1S/C18H25N3O2.ClH/c1-4-7-10-16(17(22)20-11-5-2)21(13-6-3)18(23)15-9-8-12-19-14-15;/h5-6,8-9,12,14,16H,2-4,7,10-11,13H2,1H3,(H,20,22);1H. The highest BCUT2D eigenvalue weighted by atomic mass is 35.5. The first kappa shape index (κ1) is 21.9. The first-order chi connectivity index (χ1) is 11.2. The number of rotatable bonds is 10. The van der Waals surface area contributed by atoms with Gasteiger partial charge in [-0.25, -0.2) is 0 Å². The summed E-state index contributed by atoms with van der Waals surface area (Å²) < 4.78 is 0. The van der Waals surface area contributed by atoms with Gasteiger partial charge >= 0.3 is 0 Å². The summed E-state index contributed by atoms with van der Waals surface area (Å²) in [7, 11) is 0. The normalized spacial score (nSPS) is 10.9. The van der Waals surface area contributed by atoms with Crippen LogP contribution in [0, 0.1) is 0 Å². The molecule has 1 aromatic heterocycles. The van der Waals surface area contributed by atoms with Gasteiger partial charge in [-0.1, -0.05) is 31.9 Å². The van der Waals surface area contributed by atoms with Crippen molar-refractivity contribution in [3.05, 3.63) is 55.4 Å². The van der Waals surface area contributed by atoms with Crippen LogP contribution in [-0.2, 0) is 4.79 Å². The number of hydrogen-bond acceptors (Lipinski definition) is 3. The molecule has 0 aliphatic rings. The molecule has 24 heavy (non-hydrogen) atoms. The third kappa shape index (κ3) is 6.54. The fourth-order valence-corrected chi connectivity index (χ4v) is 2.26. The molecule has 6 heteroatoms. The van der Waals surface area contributed by atoms with Gasteiger partial charge in [0.05, 0.1) is 5.56 Å². The summed E-state index contributed by atoms with van der Waals surface area (Å²) in [5.41, 5.74) is 0.465. The second kappa shape index (κ2) is 12.3. The number of carbonyl (C=O) groups excluding carboxylic acids is 2. The van der Waals surface area contributed by atoms with E-state index in [1.165, 1.54) is 6.20 Å². The van der Waals surface area contributed by atoms with Gasteiger partial charge < -0.3 is 10.2 Å². The zero-order chi connectivity index (χ0) is 17.1. The topological polar surface area (TPSA) is 62.3 Å². The Labute approximate surface area is 150 Å². The summed E-state index contributed by atoms with van der Waals surface area (Å²) in [5.74, 6) is -0.384. The highest BCUT2D eigenvalue weighted by molar-refractivity contribution is 5.97. The van der Waals surface area contributed by atoms with Crippen molar-refractivity contribution in [3.63, 3.8) is 0 Å². The number of hydrogen-bond donors (Lipinski definition) is 1. The molecule has 1 heterocycles. The van der Waals surface area contributed by atoms with Crippen molar-refractivity contribution >= 4 is 24.2 Å². The van der Waals surface area contributed by atoms with Crippen LogP contribution in [0.2, 0.25) is 0 Å². The third-order valence-electron chi connectivity index (χ3n) is 3.43. The molecule has 0 spiro atoms. The van der Waals surface area contributed by atoms with Crippen LogP contribution in [0.5, 0.6) is 0 Å². The molecule has 0 bridgehead atoms. The predicted molar refractivity (Wildman–Crippen MR) is 99.2 cm³/mol. The van der Waals surface area contributed by atoms with Crippen molar-refractivity contribution < 1.29 is 9.59 Å². The average molecular weight is 352 g/mol. The van der Waals surface area contributed by atoms with Crippen molar-refractivity contribution in [2.45, 2.75) is 32.2 Å². The van der Waals surface area contributed by atoms with Crippen LogP contribution in [0.25, 0.3) is 0 Å². The Morgan fingerprint density at radius 3 is 2.67 bits per heavy atom. The summed E-state index contributed by atoms with van der Waals surface area (Å²) in [5, 5.41) is 2.79. The summed E-state index contributed by atoms with van der Waals surface area (Å²) >= 11 is 0. The van der Waals surface area contributed by atoms with Crippen LogP contribution in [0.4, 0.5) is 0 Å². The number of aromatic nitrogens is 1. The lowest BCUT2D eigenvalue weighted by atomic mass is 10.1. The number of halogens is 1. The molecule has 2 amide bonds. The number of unbranched alkanes of at least 4 members (excludes halogenated alkanes) is 1. The molecule has 5 nitrogen and oxygen atoms in total. The van der Waals surface area contributed by atoms with Gasteiger partial charge in [0.25, 0.3) is 5.91 Å². The van der Waals surface area contributed by atoms with Crippen LogP contribution in [-0.4, -0.2) is 40.8 Å². The number of amides is 2. The lowest BCUT2D eigenvalue weighted by molar-refractivity contribution is -0.125. The van der Waals surface area contributed by atoms with E-state index < -0.39 is 6.04 Å². The van der Waals surface area contributed by atoms with E-state index in [1.807, 2.05) is 0 Å². The van der Waals surface area contributed by atoms with Gasteiger partial charge in [-0.3, -0.25) is 14.6 Å². The summed E-state index contributed by atoms with van der Waals surface area (Å²) in [6.45, 7) is 10.0. The third-order valence-corrected chi connectivity index (χ3v) is 3.43. The fraction of sp³-hybridized carbons (Fsp3) is 0.389. The SMILES string of the molecule is C=CCNC(=O)C(CCCC)N(CC=C)C(=O)c1cccnc1.Cl. The van der Waals surface area contributed by atoms with E-state index >= 15 is 0 Å². The largest absolute Gasteiger partial charge is 0.351 e. The maximum absolute atomic E-state index is 12.8. The Morgan fingerprint density at radius 2 is 2.12 bits per heavy atom. The van der Waals surface area contributed by atoms with E-state index in [1.54, 1.807) is 35.4 Å². The van der Waals surface area contributed by atoms with E-state index in [0.717, 1.165) is 12.8 Å². The number of nitrogens with one attached hydrogen (secondary N) is 1.